The van der Waals surface area contributed by atoms with Crippen LogP contribution in [-0.2, 0) is 19.4 Å². The highest BCUT2D eigenvalue weighted by atomic mass is 19.3. The second-order valence-corrected chi connectivity index (χ2v) is 9.98. The Bertz CT molecular complexity index is 1260. The highest BCUT2D eigenvalue weighted by Gasteiger charge is 2.33. The molecule has 0 unspecified atom stereocenters. The van der Waals surface area contributed by atoms with Crippen molar-refractivity contribution in [3.05, 3.63) is 65.2 Å². The van der Waals surface area contributed by atoms with Crippen molar-refractivity contribution in [3.8, 4) is 5.75 Å². The summed E-state index contributed by atoms with van der Waals surface area (Å²) < 4.78 is 38.4. The molecule has 10 heteroatoms. The lowest BCUT2D eigenvalue weighted by Gasteiger charge is -2.23. The van der Waals surface area contributed by atoms with Gasteiger partial charge in [-0.05, 0) is 55.0 Å². The van der Waals surface area contributed by atoms with Crippen LogP contribution < -0.4 is 15.4 Å². The molecule has 2 N–H and O–H groups in total. The van der Waals surface area contributed by atoms with Gasteiger partial charge in [0, 0.05) is 25.9 Å². The van der Waals surface area contributed by atoms with Crippen LogP contribution in [0, 0.1) is 5.92 Å². The van der Waals surface area contributed by atoms with E-state index in [1.807, 2.05) is 6.07 Å². The van der Waals surface area contributed by atoms with Crippen LogP contribution in [0.3, 0.4) is 0 Å². The number of carbonyl (C=O) groups is 2. The first kappa shape index (κ1) is 25.0. The van der Waals surface area contributed by atoms with Gasteiger partial charge < -0.3 is 19.8 Å². The van der Waals surface area contributed by atoms with Crippen LogP contribution in [-0.4, -0.2) is 40.2 Å². The van der Waals surface area contributed by atoms with E-state index in [2.05, 4.69) is 10.6 Å². The highest BCUT2D eigenvalue weighted by Crippen LogP contribution is 2.34. The summed E-state index contributed by atoms with van der Waals surface area (Å²) in [4.78, 5) is 25.9. The summed E-state index contributed by atoms with van der Waals surface area (Å²) >= 11 is 0. The predicted molar refractivity (Wildman–Crippen MR) is 132 cm³/mol. The molecular weight excluding hydrogens is 482 g/mol. The van der Waals surface area contributed by atoms with Gasteiger partial charge >= 0.3 is 0 Å². The number of furan rings is 1. The molecule has 2 amide bonds. The Morgan fingerprint density at radius 1 is 1.27 bits per heavy atom. The van der Waals surface area contributed by atoms with Crippen LogP contribution in [0.15, 0.2) is 47.1 Å². The fourth-order valence-electron chi connectivity index (χ4n) is 4.53. The molecule has 0 spiro atoms. The molecular formula is C27H30F2N4O4. The minimum atomic E-state index is -2.90. The van der Waals surface area contributed by atoms with Gasteiger partial charge in [0.05, 0.1) is 12.0 Å². The van der Waals surface area contributed by atoms with E-state index in [9.17, 15) is 18.4 Å². The van der Waals surface area contributed by atoms with Crippen molar-refractivity contribution in [3.63, 3.8) is 0 Å². The lowest BCUT2D eigenvalue weighted by atomic mass is 9.96. The molecule has 1 aliphatic carbocycles. The number of benzene rings is 1. The number of ether oxygens (including phenoxy) is 1. The molecule has 5 rings (SSSR count). The zero-order chi connectivity index (χ0) is 26.0. The van der Waals surface area contributed by atoms with Gasteiger partial charge in [0.2, 0.25) is 0 Å². The van der Waals surface area contributed by atoms with E-state index >= 15 is 0 Å². The maximum atomic E-state index is 13.2. The van der Waals surface area contributed by atoms with E-state index in [1.54, 1.807) is 35.0 Å². The zero-order valence-electron chi connectivity index (χ0n) is 20.6. The Morgan fingerprint density at radius 3 is 2.84 bits per heavy atom. The Balaban J connectivity index is 1.27. The molecule has 3 aromatic rings. The van der Waals surface area contributed by atoms with Crippen LogP contribution in [0.5, 0.6) is 5.75 Å². The van der Waals surface area contributed by atoms with E-state index in [-0.39, 0.29) is 17.7 Å². The van der Waals surface area contributed by atoms with Gasteiger partial charge in [0.1, 0.15) is 17.1 Å². The van der Waals surface area contributed by atoms with Crippen molar-refractivity contribution < 1.29 is 27.5 Å². The Kier molecular flexibility index (Phi) is 6.99. The molecule has 37 heavy (non-hydrogen) atoms. The molecule has 1 fully saturated rings. The number of hydrogen-bond donors (Lipinski definition) is 2. The number of aryl methyl sites for hydroxylation is 2. The number of rotatable bonds is 11. The van der Waals surface area contributed by atoms with Gasteiger partial charge in [-0.15, -0.1) is 0 Å². The third-order valence-electron chi connectivity index (χ3n) is 6.62. The Hall–Kier alpha value is -3.69. The summed E-state index contributed by atoms with van der Waals surface area (Å²) in [5.74, 6) is -2.00. The molecule has 3 heterocycles. The number of hydrogen-bond acceptors (Lipinski definition) is 5. The predicted octanol–water partition coefficient (Wildman–Crippen LogP) is 4.85. The largest absolute Gasteiger partial charge is 0.487 e. The van der Waals surface area contributed by atoms with Crippen molar-refractivity contribution in [2.45, 2.75) is 64.0 Å². The van der Waals surface area contributed by atoms with E-state index in [1.165, 1.54) is 19.1 Å². The lowest BCUT2D eigenvalue weighted by molar-refractivity contribution is -0.0229. The quantitative estimate of drug-likeness (QED) is 0.383. The SMILES string of the molecule is CC(F)(F)COc1cccc(CC[C@H]2Cc3nn(CCC4CC4)c(NC(=O)c4ccco4)c3C(=O)N2)c1. The minimum Gasteiger partial charge on any atom is -0.487 e. The molecule has 2 aromatic heterocycles. The summed E-state index contributed by atoms with van der Waals surface area (Å²) in [6, 6.07) is 10.1. The number of amides is 2. The van der Waals surface area contributed by atoms with E-state index in [0.717, 1.165) is 18.9 Å². The topological polar surface area (TPSA) is 98.4 Å². The third kappa shape index (κ3) is 6.36. The fourth-order valence-corrected chi connectivity index (χ4v) is 4.53. The van der Waals surface area contributed by atoms with Gasteiger partial charge in [0.25, 0.3) is 17.7 Å². The Morgan fingerprint density at radius 2 is 2.11 bits per heavy atom. The lowest BCUT2D eigenvalue weighted by Crippen LogP contribution is -2.41. The number of nitrogens with one attached hydrogen (secondary N) is 2. The van der Waals surface area contributed by atoms with Gasteiger partial charge in [-0.3, -0.25) is 9.59 Å². The number of halogens is 2. The number of anilines is 1. The van der Waals surface area contributed by atoms with Gasteiger partial charge in [-0.1, -0.05) is 25.0 Å². The number of fused-ring (bicyclic) bond motifs is 1. The maximum Gasteiger partial charge on any atom is 0.292 e. The molecule has 1 atom stereocenters. The monoisotopic (exact) mass is 512 g/mol. The van der Waals surface area contributed by atoms with Crippen LogP contribution in [0.1, 0.15) is 64.8 Å². The van der Waals surface area contributed by atoms with Crippen molar-refractivity contribution in [1.29, 1.82) is 0 Å². The normalized spacial score (nSPS) is 17.3. The summed E-state index contributed by atoms with van der Waals surface area (Å²) in [6.45, 7) is 0.755. The van der Waals surface area contributed by atoms with E-state index in [4.69, 9.17) is 14.3 Å². The summed E-state index contributed by atoms with van der Waals surface area (Å²) in [5, 5.41) is 10.6. The molecule has 1 saturated carbocycles. The second kappa shape index (κ2) is 10.4. The van der Waals surface area contributed by atoms with Crippen LogP contribution in [0.2, 0.25) is 0 Å². The highest BCUT2D eigenvalue weighted by molar-refractivity contribution is 6.08. The van der Waals surface area contributed by atoms with Crippen molar-refractivity contribution >= 4 is 17.6 Å². The molecule has 0 bridgehead atoms. The third-order valence-corrected chi connectivity index (χ3v) is 6.62. The number of aromatic nitrogens is 2. The summed E-state index contributed by atoms with van der Waals surface area (Å²) in [7, 11) is 0. The molecule has 8 nitrogen and oxygen atoms in total. The Labute approximate surface area is 213 Å². The van der Waals surface area contributed by atoms with Gasteiger partial charge in [0.15, 0.2) is 12.4 Å². The first-order valence-corrected chi connectivity index (χ1v) is 12.6. The first-order chi connectivity index (χ1) is 17.7. The van der Waals surface area contributed by atoms with Crippen molar-refractivity contribution in [1.82, 2.24) is 15.1 Å². The van der Waals surface area contributed by atoms with Crippen molar-refractivity contribution in [2.24, 2.45) is 5.92 Å². The summed E-state index contributed by atoms with van der Waals surface area (Å²) in [5.41, 5.74) is 1.97. The van der Waals surface area contributed by atoms with Crippen LogP contribution in [0.4, 0.5) is 14.6 Å². The van der Waals surface area contributed by atoms with Gasteiger partial charge in [-0.25, -0.2) is 13.5 Å². The molecule has 2 aliphatic rings. The van der Waals surface area contributed by atoms with Crippen LogP contribution in [0.25, 0.3) is 0 Å². The number of nitrogens with zero attached hydrogens (tertiary/aromatic N) is 2. The fraction of sp³-hybridized carbons (Fsp3) is 0.444. The first-order valence-electron chi connectivity index (χ1n) is 12.6. The molecule has 196 valence electrons. The van der Waals surface area contributed by atoms with E-state index in [0.29, 0.717) is 54.5 Å². The molecule has 1 aromatic carbocycles. The molecule has 1 aliphatic heterocycles. The smallest absolute Gasteiger partial charge is 0.292 e. The van der Waals surface area contributed by atoms with Crippen LogP contribution >= 0.6 is 0 Å². The van der Waals surface area contributed by atoms with E-state index < -0.39 is 18.4 Å². The standard InChI is InChI=1S/C27H30F2N4O4/c1-27(28,29)16-37-20-5-2-4-18(14-20)9-10-19-15-21-23(26(35)30-19)24(31-25(34)22-6-3-13-36-22)33(32-21)12-11-17-7-8-17/h2-6,13-14,17,19H,7-12,15-16H2,1H3,(H,30,35)(H,31,34)/t19-/m0/s1. The minimum absolute atomic E-state index is 0.148. The van der Waals surface area contributed by atoms with Gasteiger partial charge in [-0.2, -0.15) is 5.10 Å². The summed E-state index contributed by atoms with van der Waals surface area (Å²) in [6.07, 6.45) is 6.56. The number of alkyl halides is 2. The van der Waals surface area contributed by atoms with Crippen molar-refractivity contribution in [2.75, 3.05) is 11.9 Å². The molecule has 0 radical (unpaired) electrons. The average molecular weight is 513 g/mol. The average Bonchev–Trinajstić information content (AvgIpc) is 3.38. The molecule has 0 saturated heterocycles. The zero-order valence-corrected chi connectivity index (χ0v) is 20.6. The number of carbonyl (C=O) groups excluding carboxylic acids is 2. The second-order valence-electron chi connectivity index (χ2n) is 9.98. The maximum absolute atomic E-state index is 13.2.